The van der Waals surface area contributed by atoms with Gasteiger partial charge in [0.25, 0.3) is 0 Å². The lowest BCUT2D eigenvalue weighted by molar-refractivity contribution is -0.352. The van der Waals surface area contributed by atoms with Gasteiger partial charge in [-0.25, -0.2) is 0 Å². The average Bonchev–Trinajstić information content (AvgIpc) is 2.95. The lowest BCUT2D eigenvalue weighted by Crippen LogP contribution is -2.65. The Bertz CT molecular complexity index is 1230. The van der Waals surface area contributed by atoms with Gasteiger partial charge in [0.15, 0.2) is 43.1 Å². The molecule has 0 bridgehead atoms. The van der Waals surface area contributed by atoms with E-state index in [1.54, 1.807) is 24.3 Å². The number of hydrogen-bond acceptors (Lipinski definition) is 16. The van der Waals surface area contributed by atoms with Gasteiger partial charge in [0.2, 0.25) is 0 Å². The molecule has 2 fully saturated rings. The molecule has 46 heavy (non-hydrogen) atoms. The second-order valence-electron chi connectivity index (χ2n) is 10.4. The number of esters is 6. The van der Waals surface area contributed by atoms with Gasteiger partial charge in [-0.3, -0.25) is 28.8 Å². The standard InChI is InChI=1S/C30H38O16/c1-15(31)37-13-23-24(41-17(3)33)26(42-18(4)34)28(44-20(6)36)30(45-23)46-25-22(40-16(2)32)14-39-29(27(25)43-19(5)35)38-12-21-10-8-7-9-11-21/h7-11,22-30H,12-14H2,1-6H3/t22-,23-,24+,25+,26+,27-,28-,29-,30-/m1/s1. The van der Waals surface area contributed by atoms with Crippen LogP contribution >= 0.6 is 0 Å². The lowest BCUT2D eigenvalue weighted by Gasteiger charge is -2.47. The predicted octanol–water partition coefficient (Wildman–Crippen LogP) is 0.891. The van der Waals surface area contributed by atoms with Gasteiger partial charge in [-0.2, -0.15) is 0 Å². The molecule has 2 aliphatic rings. The van der Waals surface area contributed by atoms with E-state index in [1.165, 1.54) is 0 Å². The van der Waals surface area contributed by atoms with Gasteiger partial charge in [-0.1, -0.05) is 30.3 Å². The zero-order valence-corrected chi connectivity index (χ0v) is 26.2. The molecule has 3 rings (SSSR count). The Kier molecular flexibility index (Phi) is 13.4. The molecular weight excluding hydrogens is 616 g/mol. The largest absolute Gasteiger partial charge is 0.463 e. The molecule has 0 aromatic heterocycles. The summed E-state index contributed by atoms with van der Waals surface area (Å²) in [7, 11) is 0. The second kappa shape index (κ2) is 17.0. The molecular formula is C30H38O16. The zero-order valence-electron chi connectivity index (χ0n) is 26.2. The number of carbonyl (C=O) groups excluding carboxylic acids is 6. The molecule has 0 N–H and O–H groups in total. The summed E-state index contributed by atoms with van der Waals surface area (Å²) in [6.07, 6.45) is -12.8. The fraction of sp³-hybridized carbons (Fsp3) is 0.600. The Labute approximate surface area is 264 Å². The van der Waals surface area contributed by atoms with E-state index in [9.17, 15) is 28.8 Å². The average molecular weight is 655 g/mol. The monoisotopic (exact) mass is 654 g/mol. The third kappa shape index (κ3) is 10.8. The zero-order chi connectivity index (χ0) is 34.0. The maximum Gasteiger partial charge on any atom is 0.303 e. The predicted molar refractivity (Wildman–Crippen MR) is 149 cm³/mol. The van der Waals surface area contributed by atoms with Gasteiger partial charge >= 0.3 is 35.8 Å². The van der Waals surface area contributed by atoms with E-state index in [1.807, 2.05) is 6.07 Å². The molecule has 1 aromatic carbocycles. The van der Waals surface area contributed by atoms with Crippen LogP contribution in [0.25, 0.3) is 0 Å². The van der Waals surface area contributed by atoms with Gasteiger partial charge in [0.05, 0.1) is 13.2 Å². The van der Waals surface area contributed by atoms with Crippen molar-refractivity contribution in [1.82, 2.24) is 0 Å². The molecule has 0 aliphatic carbocycles. The van der Waals surface area contributed by atoms with Gasteiger partial charge in [-0.15, -0.1) is 0 Å². The van der Waals surface area contributed by atoms with Crippen LogP contribution in [-0.2, 0) is 82.7 Å². The summed E-state index contributed by atoms with van der Waals surface area (Å²) in [6, 6.07) is 9.03. The molecule has 0 saturated carbocycles. The van der Waals surface area contributed by atoms with Crippen LogP contribution in [-0.4, -0.2) is 104 Å². The van der Waals surface area contributed by atoms with Crippen molar-refractivity contribution in [3.8, 4) is 0 Å². The summed E-state index contributed by atoms with van der Waals surface area (Å²) in [5.74, 6) is -4.71. The van der Waals surface area contributed by atoms with Crippen molar-refractivity contribution in [1.29, 1.82) is 0 Å². The highest BCUT2D eigenvalue weighted by atomic mass is 16.8. The number of benzene rings is 1. The summed E-state index contributed by atoms with van der Waals surface area (Å²) in [5, 5.41) is 0. The molecule has 0 spiro atoms. The Morgan fingerprint density at radius 1 is 0.630 bits per heavy atom. The summed E-state index contributed by atoms with van der Waals surface area (Å²) < 4.78 is 56.4. The second-order valence-corrected chi connectivity index (χ2v) is 10.4. The highest BCUT2D eigenvalue weighted by Gasteiger charge is 2.56. The van der Waals surface area contributed by atoms with Crippen molar-refractivity contribution in [3.05, 3.63) is 35.9 Å². The quantitative estimate of drug-likeness (QED) is 0.227. The Hall–Kier alpha value is -4.12. The SMILES string of the molecule is CC(=O)OC[C@H]1O[C@H](O[C@@H]2[C@@H](OC(C)=O)[C@H](OCc3ccccc3)OC[C@H]2OC(C)=O)[C@H](OC(C)=O)[C@@H](OC(C)=O)[C@H]1OC(C)=O. The van der Waals surface area contributed by atoms with Gasteiger partial charge < -0.3 is 47.4 Å². The molecule has 254 valence electrons. The Balaban J connectivity index is 2.04. The van der Waals surface area contributed by atoms with Crippen LogP contribution < -0.4 is 0 Å². The van der Waals surface area contributed by atoms with E-state index >= 15 is 0 Å². The van der Waals surface area contributed by atoms with E-state index in [0.29, 0.717) is 0 Å². The summed E-state index contributed by atoms with van der Waals surface area (Å²) in [4.78, 5) is 72.6. The van der Waals surface area contributed by atoms with E-state index in [4.69, 9.17) is 47.4 Å². The highest BCUT2D eigenvalue weighted by Crippen LogP contribution is 2.34. The van der Waals surface area contributed by atoms with Crippen LogP contribution in [0.2, 0.25) is 0 Å². The molecule has 1 aromatic rings. The fourth-order valence-corrected chi connectivity index (χ4v) is 4.89. The van der Waals surface area contributed by atoms with E-state index in [0.717, 1.165) is 47.1 Å². The van der Waals surface area contributed by atoms with Crippen LogP contribution in [0.3, 0.4) is 0 Å². The van der Waals surface area contributed by atoms with E-state index in [2.05, 4.69) is 0 Å². The Morgan fingerprint density at radius 2 is 1.15 bits per heavy atom. The topological polar surface area (TPSA) is 195 Å². The summed E-state index contributed by atoms with van der Waals surface area (Å²) in [5.41, 5.74) is 0.770. The summed E-state index contributed by atoms with van der Waals surface area (Å²) in [6.45, 7) is 5.88. The minimum atomic E-state index is -1.67. The maximum absolute atomic E-state index is 12.3. The van der Waals surface area contributed by atoms with Crippen LogP contribution in [0.15, 0.2) is 30.3 Å². The first kappa shape index (κ1) is 36.3. The molecule has 0 radical (unpaired) electrons. The smallest absolute Gasteiger partial charge is 0.303 e. The van der Waals surface area contributed by atoms with Gasteiger partial charge in [0.1, 0.15) is 18.8 Å². The van der Waals surface area contributed by atoms with Gasteiger partial charge in [0, 0.05) is 41.5 Å². The first-order valence-electron chi connectivity index (χ1n) is 14.3. The third-order valence-electron chi connectivity index (χ3n) is 6.50. The summed E-state index contributed by atoms with van der Waals surface area (Å²) >= 11 is 0. The van der Waals surface area contributed by atoms with Crippen molar-refractivity contribution >= 4 is 35.8 Å². The Morgan fingerprint density at radius 3 is 1.70 bits per heavy atom. The van der Waals surface area contributed by atoms with Crippen LogP contribution in [0, 0.1) is 0 Å². The molecule has 16 heteroatoms. The minimum Gasteiger partial charge on any atom is -0.463 e. The maximum atomic E-state index is 12.3. The third-order valence-corrected chi connectivity index (χ3v) is 6.50. The molecule has 0 unspecified atom stereocenters. The van der Waals surface area contributed by atoms with Crippen molar-refractivity contribution < 1.29 is 76.1 Å². The van der Waals surface area contributed by atoms with Crippen molar-refractivity contribution in [3.63, 3.8) is 0 Å². The first-order valence-corrected chi connectivity index (χ1v) is 14.3. The first-order chi connectivity index (χ1) is 21.7. The lowest BCUT2D eigenvalue weighted by atomic mass is 9.97. The highest BCUT2D eigenvalue weighted by molar-refractivity contribution is 5.69. The molecule has 0 amide bonds. The number of rotatable bonds is 12. The van der Waals surface area contributed by atoms with Crippen LogP contribution in [0.5, 0.6) is 0 Å². The van der Waals surface area contributed by atoms with Crippen molar-refractivity contribution in [2.24, 2.45) is 0 Å². The number of carbonyl (C=O) groups is 6. The fourth-order valence-electron chi connectivity index (χ4n) is 4.89. The van der Waals surface area contributed by atoms with E-state index in [-0.39, 0.29) is 13.2 Å². The van der Waals surface area contributed by atoms with Crippen LogP contribution in [0.1, 0.15) is 47.1 Å². The van der Waals surface area contributed by atoms with Crippen molar-refractivity contribution in [2.75, 3.05) is 13.2 Å². The molecule has 16 nitrogen and oxygen atoms in total. The molecule has 2 saturated heterocycles. The minimum absolute atomic E-state index is 0.0350. The van der Waals surface area contributed by atoms with E-state index < -0.39 is 97.7 Å². The molecule has 2 aliphatic heterocycles. The van der Waals surface area contributed by atoms with Crippen LogP contribution in [0.4, 0.5) is 0 Å². The normalized spacial score (nSPS) is 29.0. The number of hydrogen-bond donors (Lipinski definition) is 0. The van der Waals surface area contributed by atoms with Gasteiger partial charge in [-0.05, 0) is 5.56 Å². The number of ether oxygens (including phenoxy) is 10. The molecule has 2 heterocycles. The molecule has 9 atom stereocenters. The van der Waals surface area contributed by atoms with Crippen molar-refractivity contribution in [2.45, 2.75) is 103 Å².